The van der Waals surface area contributed by atoms with Crippen LogP contribution in [0.4, 0.5) is 0 Å². The Hall–Kier alpha value is -3.41. The minimum atomic E-state index is -0.732. The minimum absolute atomic E-state index is 0.113. The topological polar surface area (TPSA) is 85.6 Å². The zero-order valence-electron chi connectivity index (χ0n) is 15.9. The molecule has 6 nitrogen and oxygen atoms in total. The quantitative estimate of drug-likeness (QED) is 0.542. The Morgan fingerprint density at radius 2 is 1.71 bits per heavy atom. The first kappa shape index (κ1) is 19.4. The van der Waals surface area contributed by atoms with Gasteiger partial charge in [-0.1, -0.05) is 44.2 Å². The molecule has 0 fully saturated rings. The highest BCUT2D eigenvalue weighted by atomic mass is 16.5. The van der Waals surface area contributed by atoms with Gasteiger partial charge in [-0.05, 0) is 35.7 Å². The Labute approximate surface area is 162 Å². The molecular formula is C22H21NO5. The normalized spacial score (nSPS) is 12.0. The molecule has 1 amide bonds. The van der Waals surface area contributed by atoms with E-state index < -0.39 is 17.6 Å². The highest BCUT2D eigenvalue weighted by Gasteiger charge is 2.25. The van der Waals surface area contributed by atoms with Crippen LogP contribution in [-0.2, 0) is 9.53 Å². The lowest BCUT2D eigenvalue weighted by Gasteiger charge is -2.19. The molecule has 1 unspecified atom stereocenters. The van der Waals surface area contributed by atoms with E-state index in [4.69, 9.17) is 9.15 Å². The van der Waals surface area contributed by atoms with E-state index in [0.717, 1.165) is 5.39 Å². The van der Waals surface area contributed by atoms with Crippen LogP contribution in [0.15, 0.2) is 63.8 Å². The number of ether oxygens (including phenoxy) is 1. The first-order valence-electron chi connectivity index (χ1n) is 8.92. The molecule has 144 valence electrons. The SMILES string of the molecule is COC(=O)C(NC(=O)c1ccc(-c2cc3ccccc3oc2=O)cc1)C(C)C. The van der Waals surface area contributed by atoms with Crippen molar-refractivity contribution in [2.45, 2.75) is 19.9 Å². The van der Waals surface area contributed by atoms with Gasteiger partial charge < -0.3 is 14.5 Å². The average molecular weight is 379 g/mol. The summed E-state index contributed by atoms with van der Waals surface area (Å²) in [5, 5.41) is 3.50. The number of amides is 1. The number of methoxy groups -OCH3 is 1. The van der Waals surface area contributed by atoms with Crippen molar-refractivity contribution in [2.75, 3.05) is 7.11 Å². The maximum Gasteiger partial charge on any atom is 0.344 e. The van der Waals surface area contributed by atoms with Crippen LogP contribution in [0.5, 0.6) is 0 Å². The van der Waals surface area contributed by atoms with Crippen LogP contribution >= 0.6 is 0 Å². The molecule has 2 aromatic carbocycles. The monoisotopic (exact) mass is 379 g/mol. The Kier molecular flexibility index (Phi) is 5.59. The second-order valence-electron chi connectivity index (χ2n) is 6.78. The molecule has 0 bridgehead atoms. The number of hydrogen-bond acceptors (Lipinski definition) is 5. The molecule has 6 heteroatoms. The minimum Gasteiger partial charge on any atom is -0.467 e. The summed E-state index contributed by atoms with van der Waals surface area (Å²) in [4.78, 5) is 36.6. The number of nitrogens with one attached hydrogen (secondary N) is 1. The van der Waals surface area contributed by atoms with Crippen molar-refractivity contribution in [3.8, 4) is 11.1 Å². The second-order valence-corrected chi connectivity index (χ2v) is 6.78. The predicted molar refractivity (Wildman–Crippen MR) is 106 cm³/mol. The van der Waals surface area contributed by atoms with E-state index in [9.17, 15) is 14.4 Å². The summed E-state index contributed by atoms with van der Waals surface area (Å²) in [6.45, 7) is 3.65. The molecule has 0 aliphatic rings. The molecular weight excluding hydrogens is 358 g/mol. The van der Waals surface area contributed by atoms with Crippen LogP contribution in [0.3, 0.4) is 0 Å². The summed E-state index contributed by atoms with van der Waals surface area (Å²) in [7, 11) is 1.29. The number of hydrogen-bond donors (Lipinski definition) is 1. The summed E-state index contributed by atoms with van der Waals surface area (Å²) >= 11 is 0. The summed E-state index contributed by atoms with van der Waals surface area (Å²) in [6, 6.07) is 14.9. The Morgan fingerprint density at radius 1 is 1.04 bits per heavy atom. The fraction of sp³-hybridized carbons (Fsp3) is 0.227. The predicted octanol–water partition coefficient (Wildman–Crippen LogP) is 3.39. The molecule has 3 aromatic rings. The highest BCUT2D eigenvalue weighted by molar-refractivity contribution is 5.97. The Bertz CT molecular complexity index is 1070. The van der Waals surface area contributed by atoms with Crippen LogP contribution in [0.25, 0.3) is 22.1 Å². The van der Waals surface area contributed by atoms with Gasteiger partial charge in [-0.3, -0.25) is 4.79 Å². The first-order chi connectivity index (χ1) is 13.4. The van der Waals surface area contributed by atoms with Gasteiger partial charge in [-0.25, -0.2) is 9.59 Å². The number of carbonyl (C=O) groups excluding carboxylic acids is 2. The third kappa shape index (κ3) is 3.96. The van der Waals surface area contributed by atoms with Gasteiger partial charge in [0.2, 0.25) is 0 Å². The van der Waals surface area contributed by atoms with Crippen LogP contribution in [0, 0.1) is 5.92 Å². The number of benzene rings is 2. The van der Waals surface area contributed by atoms with Gasteiger partial charge in [0.25, 0.3) is 5.91 Å². The fourth-order valence-corrected chi connectivity index (χ4v) is 2.91. The van der Waals surface area contributed by atoms with E-state index in [1.54, 1.807) is 42.5 Å². The number of carbonyl (C=O) groups is 2. The summed E-state index contributed by atoms with van der Waals surface area (Å²) < 4.78 is 10.1. The summed E-state index contributed by atoms with van der Waals surface area (Å²) in [6.07, 6.45) is 0. The first-order valence-corrected chi connectivity index (χ1v) is 8.92. The molecule has 3 rings (SSSR count). The number of para-hydroxylation sites is 1. The van der Waals surface area contributed by atoms with E-state index in [2.05, 4.69) is 5.32 Å². The molecule has 0 spiro atoms. The standard InChI is InChI=1S/C22H21NO5/c1-13(2)19(22(26)27-3)23-20(24)15-10-8-14(9-11-15)17-12-16-6-4-5-7-18(16)28-21(17)25/h4-13,19H,1-3H3,(H,23,24). The lowest BCUT2D eigenvalue weighted by molar-refractivity contribution is -0.144. The third-order valence-corrected chi connectivity index (χ3v) is 4.51. The van der Waals surface area contributed by atoms with E-state index in [1.807, 2.05) is 26.0 Å². The van der Waals surface area contributed by atoms with E-state index in [-0.39, 0.29) is 11.8 Å². The molecule has 0 radical (unpaired) electrons. The van der Waals surface area contributed by atoms with E-state index in [0.29, 0.717) is 22.3 Å². The van der Waals surface area contributed by atoms with Gasteiger partial charge >= 0.3 is 11.6 Å². The molecule has 1 atom stereocenters. The van der Waals surface area contributed by atoms with Gasteiger partial charge in [-0.15, -0.1) is 0 Å². The molecule has 1 N–H and O–H groups in total. The van der Waals surface area contributed by atoms with Crippen LogP contribution < -0.4 is 10.9 Å². The van der Waals surface area contributed by atoms with Gasteiger partial charge in [-0.2, -0.15) is 0 Å². The van der Waals surface area contributed by atoms with Gasteiger partial charge in [0.15, 0.2) is 0 Å². The van der Waals surface area contributed by atoms with Crippen molar-refractivity contribution >= 4 is 22.8 Å². The van der Waals surface area contributed by atoms with Gasteiger partial charge in [0.1, 0.15) is 11.6 Å². The van der Waals surface area contributed by atoms with Crippen LogP contribution in [0.1, 0.15) is 24.2 Å². The summed E-state index contributed by atoms with van der Waals surface area (Å²) in [5.74, 6) is -0.993. The highest BCUT2D eigenvalue weighted by Crippen LogP contribution is 2.21. The Balaban J connectivity index is 1.85. The molecule has 0 saturated heterocycles. The van der Waals surface area contributed by atoms with Crippen molar-refractivity contribution in [1.82, 2.24) is 5.32 Å². The lowest BCUT2D eigenvalue weighted by atomic mass is 10.0. The zero-order chi connectivity index (χ0) is 20.3. The Morgan fingerprint density at radius 3 is 2.36 bits per heavy atom. The second kappa shape index (κ2) is 8.08. The van der Waals surface area contributed by atoms with Gasteiger partial charge in [0.05, 0.1) is 12.7 Å². The van der Waals surface area contributed by atoms with Crippen LogP contribution in [0.2, 0.25) is 0 Å². The molecule has 28 heavy (non-hydrogen) atoms. The van der Waals surface area contributed by atoms with Crippen molar-refractivity contribution in [3.05, 3.63) is 70.6 Å². The number of rotatable bonds is 5. The third-order valence-electron chi connectivity index (χ3n) is 4.51. The summed E-state index contributed by atoms with van der Waals surface area (Å²) in [5.41, 5.74) is 1.52. The largest absolute Gasteiger partial charge is 0.467 e. The molecule has 0 aliphatic heterocycles. The zero-order valence-corrected chi connectivity index (χ0v) is 15.9. The fourth-order valence-electron chi connectivity index (χ4n) is 2.91. The maximum absolute atomic E-state index is 12.5. The molecule has 1 aromatic heterocycles. The van der Waals surface area contributed by atoms with Crippen molar-refractivity contribution in [2.24, 2.45) is 5.92 Å². The van der Waals surface area contributed by atoms with Crippen LogP contribution in [-0.4, -0.2) is 25.0 Å². The number of esters is 1. The van der Waals surface area contributed by atoms with E-state index in [1.165, 1.54) is 7.11 Å². The maximum atomic E-state index is 12.5. The molecule has 0 aliphatic carbocycles. The smallest absolute Gasteiger partial charge is 0.344 e. The molecule has 1 heterocycles. The van der Waals surface area contributed by atoms with E-state index >= 15 is 0 Å². The van der Waals surface area contributed by atoms with Crippen molar-refractivity contribution < 1.29 is 18.7 Å². The average Bonchev–Trinajstić information content (AvgIpc) is 2.70. The lowest BCUT2D eigenvalue weighted by Crippen LogP contribution is -2.45. The van der Waals surface area contributed by atoms with Crippen molar-refractivity contribution in [3.63, 3.8) is 0 Å². The van der Waals surface area contributed by atoms with Crippen molar-refractivity contribution in [1.29, 1.82) is 0 Å². The van der Waals surface area contributed by atoms with Gasteiger partial charge in [0, 0.05) is 10.9 Å². The number of fused-ring (bicyclic) bond motifs is 1. The molecule has 0 saturated carbocycles.